The Kier molecular flexibility index (Phi) is 7.45. The quantitative estimate of drug-likeness (QED) is 0.504. The van der Waals surface area contributed by atoms with Crippen LogP contribution in [-0.2, 0) is 21.1 Å². The Morgan fingerprint density at radius 1 is 1.06 bits per heavy atom. The molecule has 7 heteroatoms. The van der Waals surface area contributed by atoms with Crippen molar-refractivity contribution < 1.29 is 17.9 Å². The second-order valence-electron chi connectivity index (χ2n) is 9.07. The molecule has 184 valence electrons. The van der Waals surface area contributed by atoms with Crippen LogP contribution in [0.1, 0.15) is 35.1 Å². The molecule has 3 aromatic rings. The van der Waals surface area contributed by atoms with Crippen molar-refractivity contribution in [1.29, 1.82) is 0 Å². The zero-order valence-corrected chi connectivity index (χ0v) is 21.3. The van der Waals surface area contributed by atoms with Gasteiger partial charge in [-0.2, -0.15) is 0 Å². The third-order valence-corrected chi connectivity index (χ3v) is 8.04. The Labute approximate surface area is 207 Å². The number of methoxy groups -OCH3 is 1. The minimum absolute atomic E-state index is 0.215. The number of anilines is 1. The van der Waals surface area contributed by atoms with Crippen LogP contribution < -0.4 is 15.0 Å². The summed E-state index contributed by atoms with van der Waals surface area (Å²) in [6.45, 7) is 4.68. The van der Waals surface area contributed by atoms with Gasteiger partial charge in [-0.15, -0.1) is 0 Å². The Morgan fingerprint density at radius 3 is 2.51 bits per heavy atom. The number of hydrogen-bond donors (Lipinski definition) is 1. The number of aryl methyl sites for hydroxylation is 2. The van der Waals surface area contributed by atoms with E-state index < -0.39 is 21.8 Å². The number of rotatable bonds is 8. The number of carbonyl (C=O) groups excluding carboxylic acids is 1. The molecule has 0 radical (unpaired) electrons. The summed E-state index contributed by atoms with van der Waals surface area (Å²) in [6, 6.07) is 20.6. The molecule has 0 aromatic heterocycles. The third-order valence-electron chi connectivity index (χ3n) is 6.53. The summed E-state index contributed by atoms with van der Waals surface area (Å²) >= 11 is 0. The number of nitrogens with zero attached hydrogens (tertiary/aromatic N) is 1. The van der Waals surface area contributed by atoms with Crippen molar-refractivity contribution in [1.82, 2.24) is 5.32 Å². The summed E-state index contributed by atoms with van der Waals surface area (Å²) in [5.74, 6) is 0.193. The Balaban J connectivity index is 1.49. The lowest BCUT2D eigenvalue weighted by Crippen LogP contribution is -2.45. The molecule has 1 aliphatic heterocycles. The second-order valence-corrected chi connectivity index (χ2v) is 11.1. The molecule has 1 saturated heterocycles. The van der Waals surface area contributed by atoms with E-state index in [0.29, 0.717) is 6.42 Å². The zero-order valence-electron chi connectivity index (χ0n) is 20.5. The van der Waals surface area contributed by atoms with Crippen molar-refractivity contribution in [3.8, 4) is 5.75 Å². The smallest absolute Gasteiger partial charge is 0.243 e. The molecule has 1 atom stereocenters. The first-order valence-corrected chi connectivity index (χ1v) is 13.5. The first-order valence-electron chi connectivity index (χ1n) is 11.8. The van der Waals surface area contributed by atoms with Gasteiger partial charge in [-0.1, -0.05) is 48.0 Å². The fourth-order valence-corrected chi connectivity index (χ4v) is 5.70. The van der Waals surface area contributed by atoms with E-state index in [1.165, 1.54) is 5.56 Å². The SMILES string of the molecule is COc1ccc(Cc2ccccc2N2CCCC2C(=O)NCS(=O)(=O)c2ccc(C)cc2)cc1C. The zero-order chi connectivity index (χ0) is 25.0. The maximum Gasteiger partial charge on any atom is 0.243 e. The van der Waals surface area contributed by atoms with Crippen LogP contribution in [0, 0.1) is 13.8 Å². The van der Waals surface area contributed by atoms with Crippen molar-refractivity contribution in [3.05, 3.63) is 89.0 Å². The second kappa shape index (κ2) is 10.5. The molecule has 1 amide bonds. The number of carbonyl (C=O) groups is 1. The van der Waals surface area contributed by atoms with Gasteiger partial charge in [0.15, 0.2) is 9.84 Å². The molecule has 0 bridgehead atoms. The molecule has 1 fully saturated rings. The van der Waals surface area contributed by atoms with Gasteiger partial charge in [0.2, 0.25) is 5.91 Å². The van der Waals surface area contributed by atoms with E-state index in [9.17, 15) is 13.2 Å². The van der Waals surface area contributed by atoms with Crippen molar-refractivity contribution >= 4 is 21.4 Å². The van der Waals surface area contributed by atoms with Crippen LogP contribution in [0.15, 0.2) is 71.6 Å². The van der Waals surface area contributed by atoms with E-state index in [1.807, 2.05) is 38.1 Å². The van der Waals surface area contributed by atoms with Gasteiger partial charge in [-0.05, 0) is 74.1 Å². The molecular weight excluding hydrogens is 460 g/mol. The van der Waals surface area contributed by atoms with E-state index in [2.05, 4.69) is 28.4 Å². The topological polar surface area (TPSA) is 75.7 Å². The summed E-state index contributed by atoms with van der Waals surface area (Å²) in [7, 11) is -1.93. The van der Waals surface area contributed by atoms with E-state index in [0.717, 1.165) is 47.5 Å². The summed E-state index contributed by atoms with van der Waals surface area (Å²) in [5.41, 5.74) is 5.37. The summed E-state index contributed by atoms with van der Waals surface area (Å²) in [4.78, 5) is 15.4. The molecule has 6 nitrogen and oxygen atoms in total. The first kappa shape index (κ1) is 24.8. The van der Waals surface area contributed by atoms with Gasteiger partial charge in [0.1, 0.15) is 17.7 Å². The summed E-state index contributed by atoms with van der Waals surface area (Å²) in [6.07, 6.45) is 2.29. The summed E-state index contributed by atoms with van der Waals surface area (Å²) in [5, 5.41) is 2.68. The molecule has 0 aliphatic carbocycles. The van der Waals surface area contributed by atoms with Crippen molar-refractivity contribution in [2.45, 2.75) is 44.0 Å². The van der Waals surface area contributed by atoms with Crippen LogP contribution in [0.4, 0.5) is 5.69 Å². The third kappa shape index (κ3) is 5.68. The molecule has 1 aliphatic rings. The number of sulfone groups is 1. The van der Waals surface area contributed by atoms with Crippen LogP contribution in [0.3, 0.4) is 0 Å². The highest BCUT2D eigenvalue weighted by Gasteiger charge is 2.32. The molecule has 1 heterocycles. The molecule has 1 unspecified atom stereocenters. The number of benzene rings is 3. The van der Waals surface area contributed by atoms with Gasteiger partial charge in [0.05, 0.1) is 12.0 Å². The minimum Gasteiger partial charge on any atom is -0.496 e. The molecule has 35 heavy (non-hydrogen) atoms. The lowest BCUT2D eigenvalue weighted by Gasteiger charge is -2.28. The van der Waals surface area contributed by atoms with Crippen molar-refractivity contribution in [2.24, 2.45) is 0 Å². The normalized spacial score (nSPS) is 15.7. The maximum atomic E-state index is 13.1. The van der Waals surface area contributed by atoms with Gasteiger partial charge in [-0.25, -0.2) is 8.42 Å². The monoisotopic (exact) mass is 492 g/mol. The summed E-state index contributed by atoms with van der Waals surface area (Å²) < 4.78 is 30.8. The number of amides is 1. The molecule has 1 N–H and O–H groups in total. The van der Waals surface area contributed by atoms with Crippen LogP contribution in [-0.4, -0.2) is 39.9 Å². The largest absolute Gasteiger partial charge is 0.496 e. The molecule has 0 saturated carbocycles. The van der Waals surface area contributed by atoms with E-state index in [-0.39, 0.29) is 10.8 Å². The Bertz CT molecular complexity index is 1300. The van der Waals surface area contributed by atoms with Crippen LogP contribution >= 0.6 is 0 Å². The van der Waals surface area contributed by atoms with Crippen molar-refractivity contribution in [3.63, 3.8) is 0 Å². The highest BCUT2D eigenvalue weighted by Crippen LogP contribution is 2.31. The van der Waals surface area contributed by atoms with Crippen LogP contribution in [0.5, 0.6) is 5.75 Å². The fraction of sp³-hybridized carbons (Fsp3) is 0.321. The standard InChI is InChI=1S/C28H32N2O4S/c1-20-10-13-24(14-11-20)35(32,33)19-29-28(31)26-9-6-16-30(26)25-8-5-4-7-23(25)18-22-12-15-27(34-3)21(2)17-22/h4-5,7-8,10-15,17,26H,6,9,16,18-19H2,1-3H3,(H,29,31). The number of nitrogens with one attached hydrogen (secondary N) is 1. The number of hydrogen-bond acceptors (Lipinski definition) is 5. The highest BCUT2D eigenvalue weighted by atomic mass is 32.2. The lowest BCUT2D eigenvalue weighted by molar-refractivity contribution is -0.121. The molecular formula is C28H32N2O4S. The van der Waals surface area contributed by atoms with E-state index >= 15 is 0 Å². The van der Waals surface area contributed by atoms with Gasteiger partial charge < -0.3 is 15.0 Å². The predicted octanol–water partition coefficient (Wildman–Crippen LogP) is 4.42. The van der Waals surface area contributed by atoms with Gasteiger partial charge >= 0.3 is 0 Å². The lowest BCUT2D eigenvalue weighted by atomic mass is 10.0. The highest BCUT2D eigenvalue weighted by molar-refractivity contribution is 7.91. The Hall–Kier alpha value is -3.32. The molecule has 3 aromatic carbocycles. The van der Waals surface area contributed by atoms with Crippen molar-refractivity contribution in [2.75, 3.05) is 24.4 Å². The average molecular weight is 493 g/mol. The fourth-order valence-electron chi connectivity index (χ4n) is 4.65. The van der Waals surface area contributed by atoms with Gasteiger partial charge in [0.25, 0.3) is 0 Å². The number of para-hydroxylation sites is 1. The molecule has 0 spiro atoms. The van der Waals surface area contributed by atoms with E-state index in [4.69, 9.17) is 4.74 Å². The predicted molar refractivity (Wildman–Crippen MR) is 139 cm³/mol. The first-order chi connectivity index (χ1) is 16.8. The van der Waals surface area contributed by atoms with Gasteiger partial charge in [0, 0.05) is 12.2 Å². The van der Waals surface area contributed by atoms with Crippen LogP contribution in [0.2, 0.25) is 0 Å². The van der Waals surface area contributed by atoms with E-state index in [1.54, 1.807) is 31.4 Å². The van der Waals surface area contributed by atoms with Crippen LogP contribution in [0.25, 0.3) is 0 Å². The number of ether oxygens (including phenoxy) is 1. The maximum absolute atomic E-state index is 13.1. The van der Waals surface area contributed by atoms with Gasteiger partial charge in [-0.3, -0.25) is 4.79 Å². The Morgan fingerprint density at radius 2 is 1.80 bits per heavy atom. The average Bonchev–Trinajstić information content (AvgIpc) is 3.33. The minimum atomic E-state index is -3.60. The molecule has 4 rings (SSSR count).